The van der Waals surface area contributed by atoms with Gasteiger partial charge < -0.3 is 20.3 Å². The Labute approximate surface area is 201 Å². The highest BCUT2D eigenvalue weighted by Gasteiger charge is 2.34. The number of nitrogens with zero attached hydrogens (tertiary/aromatic N) is 1. The molecule has 0 aromatic heterocycles. The van der Waals surface area contributed by atoms with Crippen LogP contribution in [0.4, 0.5) is 0 Å². The second kappa shape index (κ2) is 11.7. The highest BCUT2D eigenvalue weighted by atomic mass is 16.5. The molecule has 0 bridgehead atoms. The number of likely N-dealkylation sites (tertiary alicyclic amines) is 1. The summed E-state index contributed by atoms with van der Waals surface area (Å²) in [5.41, 5.74) is 2.19. The van der Waals surface area contributed by atoms with Crippen LogP contribution in [0, 0.1) is 12.8 Å². The molecule has 3 rings (SSSR count). The van der Waals surface area contributed by atoms with Crippen molar-refractivity contribution in [1.82, 2.24) is 15.5 Å². The quantitative estimate of drug-likeness (QED) is 0.624. The first kappa shape index (κ1) is 25.3. The minimum atomic E-state index is -0.667. The van der Waals surface area contributed by atoms with E-state index in [0.29, 0.717) is 42.8 Å². The molecule has 7 nitrogen and oxygen atoms in total. The molecule has 0 spiro atoms. The molecule has 3 amide bonds. The number of benzene rings is 2. The first-order chi connectivity index (χ1) is 16.3. The summed E-state index contributed by atoms with van der Waals surface area (Å²) in [6.45, 7) is 7.01. The fourth-order valence-corrected chi connectivity index (χ4v) is 4.20. The molecule has 2 N–H and O–H groups in total. The smallest absolute Gasteiger partial charge is 0.253 e. The van der Waals surface area contributed by atoms with E-state index in [0.717, 1.165) is 12.0 Å². The van der Waals surface area contributed by atoms with Crippen molar-refractivity contribution in [2.45, 2.75) is 52.1 Å². The van der Waals surface area contributed by atoms with Crippen LogP contribution in [0.1, 0.15) is 59.4 Å². The third-order valence-corrected chi connectivity index (χ3v) is 6.49. The molecule has 1 heterocycles. The molecule has 0 saturated carbocycles. The van der Waals surface area contributed by atoms with E-state index in [4.69, 9.17) is 4.74 Å². The Balaban J connectivity index is 1.70. The second-order valence-corrected chi connectivity index (χ2v) is 9.00. The lowest BCUT2D eigenvalue weighted by Gasteiger charge is -2.36. The maximum absolute atomic E-state index is 13.1. The van der Waals surface area contributed by atoms with Gasteiger partial charge in [-0.1, -0.05) is 24.6 Å². The molecule has 2 aromatic carbocycles. The average Bonchev–Trinajstić information content (AvgIpc) is 2.86. The van der Waals surface area contributed by atoms with Crippen LogP contribution in [0.5, 0.6) is 5.75 Å². The van der Waals surface area contributed by atoms with Crippen molar-refractivity contribution in [2.24, 2.45) is 5.92 Å². The van der Waals surface area contributed by atoms with Gasteiger partial charge in [0, 0.05) is 30.3 Å². The van der Waals surface area contributed by atoms with E-state index in [1.54, 1.807) is 31.4 Å². The van der Waals surface area contributed by atoms with Gasteiger partial charge in [0.2, 0.25) is 5.91 Å². The molecule has 2 atom stereocenters. The number of amides is 3. The van der Waals surface area contributed by atoms with Gasteiger partial charge in [-0.3, -0.25) is 14.4 Å². The molecule has 182 valence electrons. The molecular weight excluding hydrogens is 430 g/mol. The van der Waals surface area contributed by atoms with Gasteiger partial charge in [0.15, 0.2) is 0 Å². The summed E-state index contributed by atoms with van der Waals surface area (Å²) in [5, 5.41) is 5.97. The number of hydrogen-bond donors (Lipinski definition) is 2. The lowest BCUT2D eigenvalue weighted by atomic mass is 9.88. The highest BCUT2D eigenvalue weighted by molar-refractivity contribution is 5.98. The summed E-state index contributed by atoms with van der Waals surface area (Å²) < 4.78 is 5.16. The average molecular weight is 466 g/mol. The van der Waals surface area contributed by atoms with Crippen molar-refractivity contribution < 1.29 is 19.1 Å². The molecule has 7 heteroatoms. The fraction of sp³-hybridized carbons (Fsp3) is 0.444. The topological polar surface area (TPSA) is 87.7 Å². The molecule has 1 aliphatic rings. The highest BCUT2D eigenvalue weighted by Crippen LogP contribution is 2.23. The van der Waals surface area contributed by atoms with E-state index in [1.807, 2.05) is 49.9 Å². The van der Waals surface area contributed by atoms with E-state index in [2.05, 4.69) is 10.6 Å². The molecule has 0 radical (unpaired) electrons. The molecule has 1 fully saturated rings. The number of nitrogens with one attached hydrogen (secondary N) is 2. The first-order valence-corrected chi connectivity index (χ1v) is 11.9. The van der Waals surface area contributed by atoms with E-state index in [-0.39, 0.29) is 29.7 Å². The van der Waals surface area contributed by atoms with Crippen LogP contribution >= 0.6 is 0 Å². The molecule has 34 heavy (non-hydrogen) atoms. The van der Waals surface area contributed by atoms with Gasteiger partial charge in [0.25, 0.3) is 11.8 Å². The fourth-order valence-electron chi connectivity index (χ4n) is 4.20. The van der Waals surface area contributed by atoms with Crippen LogP contribution < -0.4 is 15.4 Å². The number of carbonyl (C=O) groups excluding carboxylic acids is 3. The van der Waals surface area contributed by atoms with Crippen molar-refractivity contribution in [1.29, 1.82) is 0 Å². The zero-order chi connectivity index (χ0) is 24.7. The van der Waals surface area contributed by atoms with E-state index in [9.17, 15) is 14.4 Å². The van der Waals surface area contributed by atoms with Crippen LogP contribution in [0.25, 0.3) is 0 Å². The molecule has 2 aromatic rings. The molecule has 1 saturated heterocycles. The standard InChI is InChI=1S/C27H35N3O4/c1-5-19(3)28-26(32)24(29-25(31)21-9-11-23(34-4)12-10-21)20-13-15-30(16-14-20)27(33)22-8-6-7-18(2)17-22/h6-12,17,19-20,24H,5,13-16H2,1-4H3,(H,28,32)(H,29,31)/t19-,24+/m0/s1. The maximum atomic E-state index is 13.1. The Morgan fingerprint density at radius 1 is 1.03 bits per heavy atom. The third kappa shape index (κ3) is 6.37. The van der Waals surface area contributed by atoms with Gasteiger partial charge in [-0.2, -0.15) is 0 Å². The summed E-state index contributed by atoms with van der Waals surface area (Å²) in [4.78, 5) is 40.8. The van der Waals surface area contributed by atoms with Gasteiger partial charge in [-0.25, -0.2) is 0 Å². The van der Waals surface area contributed by atoms with Crippen LogP contribution in [-0.4, -0.2) is 54.9 Å². The van der Waals surface area contributed by atoms with Crippen LogP contribution in [0.2, 0.25) is 0 Å². The normalized spacial score (nSPS) is 15.8. The summed E-state index contributed by atoms with van der Waals surface area (Å²) in [7, 11) is 1.57. The number of carbonyl (C=O) groups is 3. The number of rotatable bonds is 8. The zero-order valence-electron chi connectivity index (χ0n) is 20.5. The largest absolute Gasteiger partial charge is 0.497 e. The van der Waals surface area contributed by atoms with E-state index < -0.39 is 6.04 Å². The van der Waals surface area contributed by atoms with E-state index >= 15 is 0 Å². The van der Waals surface area contributed by atoms with Gasteiger partial charge in [-0.15, -0.1) is 0 Å². The predicted octanol–water partition coefficient (Wildman–Crippen LogP) is 3.57. The summed E-state index contributed by atoms with van der Waals surface area (Å²) in [5.74, 6) is 0.121. The lowest BCUT2D eigenvalue weighted by Crippen LogP contribution is -2.55. The van der Waals surface area contributed by atoms with Crippen molar-refractivity contribution in [3.05, 3.63) is 65.2 Å². The summed E-state index contributed by atoms with van der Waals surface area (Å²) in [6, 6.07) is 13.7. The zero-order valence-corrected chi connectivity index (χ0v) is 20.5. The predicted molar refractivity (Wildman–Crippen MR) is 132 cm³/mol. The van der Waals surface area contributed by atoms with Crippen LogP contribution in [0.15, 0.2) is 48.5 Å². The summed E-state index contributed by atoms with van der Waals surface area (Å²) in [6.07, 6.45) is 2.08. The van der Waals surface area contributed by atoms with E-state index in [1.165, 1.54) is 0 Å². The monoisotopic (exact) mass is 465 g/mol. The third-order valence-electron chi connectivity index (χ3n) is 6.49. The Kier molecular flexibility index (Phi) is 8.68. The maximum Gasteiger partial charge on any atom is 0.253 e. The molecule has 0 unspecified atom stereocenters. The number of piperidine rings is 1. The van der Waals surface area contributed by atoms with Crippen molar-refractivity contribution in [2.75, 3.05) is 20.2 Å². The Hall–Kier alpha value is -3.35. The van der Waals surface area contributed by atoms with Crippen LogP contribution in [-0.2, 0) is 4.79 Å². The number of hydrogen-bond acceptors (Lipinski definition) is 4. The lowest BCUT2D eigenvalue weighted by molar-refractivity contribution is -0.125. The van der Waals surface area contributed by atoms with Gasteiger partial charge >= 0.3 is 0 Å². The SMILES string of the molecule is CC[C@H](C)NC(=O)[C@H](NC(=O)c1ccc(OC)cc1)C1CCN(C(=O)c2cccc(C)c2)CC1. The molecule has 1 aliphatic heterocycles. The molecular formula is C27H35N3O4. The Morgan fingerprint density at radius 3 is 2.29 bits per heavy atom. The van der Waals surface area contributed by atoms with Crippen LogP contribution in [0.3, 0.4) is 0 Å². The van der Waals surface area contributed by atoms with Gasteiger partial charge in [0.1, 0.15) is 11.8 Å². The Bertz CT molecular complexity index is 997. The van der Waals surface area contributed by atoms with Crippen molar-refractivity contribution in [3.63, 3.8) is 0 Å². The second-order valence-electron chi connectivity index (χ2n) is 9.00. The molecule has 0 aliphatic carbocycles. The summed E-state index contributed by atoms with van der Waals surface area (Å²) >= 11 is 0. The number of methoxy groups -OCH3 is 1. The van der Waals surface area contributed by atoms with Crippen molar-refractivity contribution >= 4 is 17.7 Å². The first-order valence-electron chi connectivity index (χ1n) is 11.9. The minimum absolute atomic E-state index is 0.00465. The Morgan fingerprint density at radius 2 is 1.71 bits per heavy atom. The van der Waals surface area contributed by atoms with Gasteiger partial charge in [-0.05, 0) is 75.4 Å². The van der Waals surface area contributed by atoms with Gasteiger partial charge in [0.05, 0.1) is 7.11 Å². The number of aryl methyl sites for hydroxylation is 1. The number of ether oxygens (including phenoxy) is 1. The minimum Gasteiger partial charge on any atom is -0.497 e. The van der Waals surface area contributed by atoms with Crippen molar-refractivity contribution in [3.8, 4) is 5.75 Å².